The van der Waals surface area contributed by atoms with Crippen LogP contribution in [0.5, 0.6) is 0 Å². The van der Waals surface area contributed by atoms with Crippen molar-refractivity contribution in [2.45, 2.75) is 103 Å². The molecule has 0 aromatic rings. The number of hydrogen-bond acceptors (Lipinski definition) is 4. The van der Waals surface area contributed by atoms with Crippen molar-refractivity contribution in [3.8, 4) is 0 Å². The number of aliphatic carboxylic acids is 1. The Morgan fingerprint density at radius 2 is 1.86 bits per heavy atom. The fourth-order valence-corrected chi connectivity index (χ4v) is 4.87. The Kier molecular flexibility index (Phi) is 10.3. The van der Waals surface area contributed by atoms with Crippen molar-refractivity contribution in [3.05, 3.63) is 24.3 Å². The first-order chi connectivity index (χ1) is 13.4. The molecular formula is C23H42O5Si. The second kappa shape index (κ2) is 11.4. The Morgan fingerprint density at radius 3 is 2.41 bits per heavy atom. The summed E-state index contributed by atoms with van der Waals surface area (Å²) in [5, 5.41) is 29.7. The molecule has 0 bridgehead atoms. The highest BCUT2D eigenvalue weighted by atomic mass is 28.4. The molecule has 6 heteroatoms. The molecule has 1 saturated carbocycles. The van der Waals surface area contributed by atoms with Crippen molar-refractivity contribution in [1.82, 2.24) is 0 Å². The first-order valence-electron chi connectivity index (χ1n) is 11.0. The molecule has 5 atom stereocenters. The van der Waals surface area contributed by atoms with E-state index >= 15 is 0 Å². The van der Waals surface area contributed by atoms with Gasteiger partial charge in [-0.25, -0.2) is 0 Å². The molecule has 0 heterocycles. The lowest BCUT2D eigenvalue weighted by Crippen LogP contribution is -2.43. The number of unbranched alkanes of at least 4 members (excludes halogenated alkanes) is 1. The van der Waals surface area contributed by atoms with E-state index in [0.29, 0.717) is 19.3 Å². The van der Waals surface area contributed by atoms with Gasteiger partial charge in [-0.1, -0.05) is 52.0 Å². The molecule has 1 rings (SSSR count). The van der Waals surface area contributed by atoms with Gasteiger partial charge in [0.2, 0.25) is 0 Å². The standard InChI is InChI=1S/C23H42O5Si/c1-7-17(28-29(5,6)23(2,3)4)14-15-19-18(20(24)16-21(19)25)12-10-8-9-11-13-22(26)27/h8,10,14-15,17-21,24-25H,7,9,11-13,16H2,1-6H3,(H,26,27)/b10-8-,15-14+/t17-,18+,19+,20-,21+/m0/s1. The van der Waals surface area contributed by atoms with Gasteiger partial charge in [0, 0.05) is 18.8 Å². The van der Waals surface area contributed by atoms with Crippen molar-refractivity contribution in [3.63, 3.8) is 0 Å². The molecule has 0 aromatic heterocycles. The zero-order valence-electron chi connectivity index (χ0n) is 19.1. The lowest BCUT2D eigenvalue weighted by atomic mass is 9.89. The van der Waals surface area contributed by atoms with Gasteiger partial charge in [0.1, 0.15) is 0 Å². The van der Waals surface area contributed by atoms with Crippen LogP contribution in [0, 0.1) is 11.8 Å². The monoisotopic (exact) mass is 426 g/mol. The highest BCUT2D eigenvalue weighted by Crippen LogP contribution is 2.39. The van der Waals surface area contributed by atoms with Gasteiger partial charge >= 0.3 is 5.97 Å². The van der Waals surface area contributed by atoms with E-state index in [1.165, 1.54) is 0 Å². The third-order valence-corrected chi connectivity index (χ3v) is 11.0. The number of carboxylic acid groups (broad SMARTS) is 1. The highest BCUT2D eigenvalue weighted by molar-refractivity contribution is 6.74. The van der Waals surface area contributed by atoms with Gasteiger partial charge in [-0.05, 0) is 49.7 Å². The molecule has 29 heavy (non-hydrogen) atoms. The Labute approximate surface area is 178 Å². The van der Waals surface area contributed by atoms with Crippen molar-refractivity contribution < 1.29 is 24.5 Å². The number of rotatable bonds is 11. The summed E-state index contributed by atoms with van der Waals surface area (Å²) in [4.78, 5) is 10.6. The van der Waals surface area contributed by atoms with Crippen LogP contribution in [0.2, 0.25) is 18.1 Å². The second-order valence-corrected chi connectivity index (χ2v) is 14.6. The largest absolute Gasteiger partial charge is 0.481 e. The average molecular weight is 427 g/mol. The van der Waals surface area contributed by atoms with Crippen molar-refractivity contribution in [2.24, 2.45) is 11.8 Å². The van der Waals surface area contributed by atoms with E-state index in [0.717, 1.165) is 12.8 Å². The van der Waals surface area contributed by atoms with Gasteiger partial charge < -0.3 is 19.7 Å². The van der Waals surface area contributed by atoms with Crippen LogP contribution >= 0.6 is 0 Å². The van der Waals surface area contributed by atoms with Crippen molar-refractivity contribution in [2.75, 3.05) is 0 Å². The SMILES string of the molecule is CC[C@@H](/C=C/[C@@H]1[C@@H](C/C=C\CCCC(=O)O)[C@@H](O)C[C@H]1O)O[Si](C)(C)C(C)(C)C. The zero-order chi connectivity index (χ0) is 22.2. The van der Waals surface area contributed by atoms with Crippen LogP contribution in [0.15, 0.2) is 24.3 Å². The van der Waals surface area contributed by atoms with E-state index in [4.69, 9.17) is 9.53 Å². The molecule has 0 radical (unpaired) electrons. The van der Waals surface area contributed by atoms with Gasteiger partial charge in [0.05, 0.1) is 18.3 Å². The minimum Gasteiger partial charge on any atom is -0.481 e. The highest BCUT2D eigenvalue weighted by Gasteiger charge is 2.40. The summed E-state index contributed by atoms with van der Waals surface area (Å²) in [6, 6.07) is 0. The summed E-state index contributed by atoms with van der Waals surface area (Å²) in [6.07, 6.45) is 10.5. The third-order valence-electron chi connectivity index (χ3n) is 6.45. The van der Waals surface area contributed by atoms with Crippen LogP contribution in [-0.2, 0) is 9.22 Å². The lowest BCUT2D eigenvalue weighted by molar-refractivity contribution is -0.137. The zero-order valence-corrected chi connectivity index (χ0v) is 20.1. The summed E-state index contributed by atoms with van der Waals surface area (Å²) < 4.78 is 6.50. The first kappa shape index (κ1) is 26.1. The topological polar surface area (TPSA) is 87.0 Å². The number of carbonyl (C=O) groups is 1. The van der Waals surface area contributed by atoms with Crippen LogP contribution in [0.25, 0.3) is 0 Å². The molecule has 5 nitrogen and oxygen atoms in total. The molecule has 0 unspecified atom stereocenters. The molecule has 168 valence electrons. The Hall–Kier alpha value is -0.953. The Bertz CT molecular complexity index is 564. The second-order valence-electron chi connectivity index (χ2n) is 9.81. The van der Waals surface area contributed by atoms with Crippen molar-refractivity contribution in [1.29, 1.82) is 0 Å². The van der Waals surface area contributed by atoms with E-state index in [2.05, 4.69) is 46.9 Å². The normalized spacial score (nSPS) is 27.2. The molecule has 0 aliphatic heterocycles. The average Bonchev–Trinajstić information content (AvgIpc) is 2.86. The summed E-state index contributed by atoms with van der Waals surface area (Å²) in [7, 11) is -1.87. The predicted octanol–water partition coefficient (Wildman–Crippen LogP) is 4.90. The van der Waals surface area contributed by atoms with Gasteiger partial charge in [0.15, 0.2) is 8.32 Å². The van der Waals surface area contributed by atoms with Crippen molar-refractivity contribution >= 4 is 14.3 Å². The fraction of sp³-hybridized carbons (Fsp3) is 0.783. The van der Waals surface area contributed by atoms with E-state index < -0.39 is 26.5 Å². The van der Waals surface area contributed by atoms with E-state index in [9.17, 15) is 15.0 Å². The molecule has 1 aliphatic carbocycles. The maximum atomic E-state index is 10.6. The maximum absolute atomic E-state index is 10.6. The lowest BCUT2D eigenvalue weighted by Gasteiger charge is -2.38. The molecule has 1 aliphatic rings. The quantitative estimate of drug-likeness (QED) is 0.248. The van der Waals surface area contributed by atoms with Gasteiger partial charge in [-0.2, -0.15) is 0 Å². The molecule has 3 N–H and O–H groups in total. The molecule has 0 saturated heterocycles. The van der Waals surface area contributed by atoms with Gasteiger partial charge in [-0.3, -0.25) is 4.79 Å². The van der Waals surface area contributed by atoms with E-state index in [-0.39, 0.29) is 29.4 Å². The smallest absolute Gasteiger partial charge is 0.303 e. The molecule has 1 fully saturated rings. The van der Waals surface area contributed by atoms with Gasteiger partial charge in [-0.15, -0.1) is 0 Å². The fourth-order valence-electron chi connectivity index (χ4n) is 3.51. The Balaban J connectivity index is 2.72. The molecule has 0 aromatic carbocycles. The van der Waals surface area contributed by atoms with Crippen LogP contribution in [0.1, 0.15) is 66.2 Å². The van der Waals surface area contributed by atoms with Crippen LogP contribution < -0.4 is 0 Å². The summed E-state index contributed by atoms with van der Waals surface area (Å²) in [5.74, 6) is -0.892. The number of aliphatic hydroxyl groups excluding tert-OH is 2. The number of aliphatic hydroxyl groups is 2. The molecule has 0 amide bonds. The van der Waals surface area contributed by atoms with E-state index in [1.54, 1.807) is 0 Å². The predicted molar refractivity (Wildman–Crippen MR) is 120 cm³/mol. The van der Waals surface area contributed by atoms with E-state index in [1.807, 2.05) is 18.2 Å². The number of allylic oxidation sites excluding steroid dienone is 2. The molecule has 0 spiro atoms. The Morgan fingerprint density at radius 1 is 1.21 bits per heavy atom. The molecular weight excluding hydrogens is 384 g/mol. The van der Waals surface area contributed by atoms with Gasteiger partial charge in [0.25, 0.3) is 0 Å². The van der Waals surface area contributed by atoms with Crippen LogP contribution in [-0.4, -0.2) is 47.9 Å². The third kappa shape index (κ3) is 8.36. The first-order valence-corrected chi connectivity index (χ1v) is 13.9. The summed E-state index contributed by atoms with van der Waals surface area (Å²) in [6.45, 7) is 13.3. The minimum atomic E-state index is -1.87. The summed E-state index contributed by atoms with van der Waals surface area (Å²) >= 11 is 0. The van der Waals surface area contributed by atoms with Crippen LogP contribution in [0.4, 0.5) is 0 Å². The maximum Gasteiger partial charge on any atom is 0.303 e. The number of hydrogen-bond donors (Lipinski definition) is 3. The summed E-state index contributed by atoms with van der Waals surface area (Å²) in [5.41, 5.74) is 0. The minimum absolute atomic E-state index is 0.0213. The van der Waals surface area contributed by atoms with Crippen LogP contribution in [0.3, 0.4) is 0 Å². The number of carboxylic acids is 1.